The van der Waals surface area contributed by atoms with E-state index in [0.29, 0.717) is 17.9 Å². The molecule has 0 bridgehead atoms. The molecule has 5 heteroatoms. The number of carbonyl (C=O) groups is 1. The maximum absolute atomic E-state index is 11.8. The van der Waals surface area contributed by atoms with E-state index in [1.807, 2.05) is 19.1 Å². The van der Waals surface area contributed by atoms with E-state index >= 15 is 0 Å². The molecule has 1 aromatic heterocycles. The number of aliphatic hydroxyl groups excluding tert-OH is 1. The Hall–Kier alpha value is -1.72. The molecule has 0 unspecified atom stereocenters. The van der Waals surface area contributed by atoms with Crippen LogP contribution in [0.1, 0.15) is 40.7 Å². The zero-order valence-electron chi connectivity index (χ0n) is 12.3. The summed E-state index contributed by atoms with van der Waals surface area (Å²) in [6, 6.07) is 7.21. The van der Waals surface area contributed by atoms with Crippen LogP contribution in [0.3, 0.4) is 0 Å². The van der Waals surface area contributed by atoms with Crippen LogP contribution in [0.25, 0.3) is 10.6 Å². The van der Waals surface area contributed by atoms with Gasteiger partial charge in [-0.25, -0.2) is 9.78 Å². The van der Waals surface area contributed by atoms with Crippen molar-refractivity contribution in [2.45, 2.75) is 33.3 Å². The van der Waals surface area contributed by atoms with Crippen molar-refractivity contribution >= 4 is 17.3 Å². The number of carbonyl (C=O) groups excluding carboxylic acids is 1. The van der Waals surface area contributed by atoms with Gasteiger partial charge in [0.25, 0.3) is 0 Å². The third-order valence-electron chi connectivity index (χ3n) is 3.14. The van der Waals surface area contributed by atoms with Crippen molar-refractivity contribution < 1.29 is 14.6 Å². The molecule has 0 aliphatic carbocycles. The Labute approximate surface area is 128 Å². The van der Waals surface area contributed by atoms with Gasteiger partial charge in [0.2, 0.25) is 0 Å². The lowest BCUT2D eigenvalue weighted by atomic mass is 10.1. The summed E-state index contributed by atoms with van der Waals surface area (Å²) < 4.78 is 5.17. The van der Waals surface area contributed by atoms with Gasteiger partial charge >= 0.3 is 5.97 Å². The van der Waals surface area contributed by atoms with Gasteiger partial charge in [-0.2, -0.15) is 0 Å². The number of unbranched alkanes of at least 4 members (excludes halogenated alkanes) is 1. The molecule has 2 rings (SSSR count). The van der Waals surface area contributed by atoms with Crippen LogP contribution in [0.15, 0.2) is 24.3 Å². The van der Waals surface area contributed by atoms with E-state index in [-0.39, 0.29) is 12.6 Å². The predicted molar refractivity (Wildman–Crippen MR) is 83.4 cm³/mol. The highest BCUT2D eigenvalue weighted by molar-refractivity contribution is 7.15. The molecule has 1 aromatic carbocycles. The fourth-order valence-corrected chi connectivity index (χ4v) is 2.77. The Morgan fingerprint density at radius 2 is 2.05 bits per heavy atom. The van der Waals surface area contributed by atoms with Crippen LogP contribution >= 0.6 is 11.3 Å². The number of esters is 1. The Balaban J connectivity index is 2.09. The van der Waals surface area contributed by atoms with Gasteiger partial charge in [-0.15, -0.1) is 11.3 Å². The lowest BCUT2D eigenvalue weighted by molar-refractivity contribution is 0.0500. The maximum atomic E-state index is 11.8. The maximum Gasteiger partial charge on any atom is 0.338 e. The molecule has 112 valence electrons. The van der Waals surface area contributed by atoms with Crippen LogP contribution < -0.4 is 0 Å². The summed E-state index contributed by atoms with van der Waals surface area (Å²) in [6.45, 7) is 4.40. The largest absolute Gasteiger partial charge is 0.462 e. The molecule has 2 aromatic rings. The van der Waals surface area contributed by atoms with Crippen molar-refractivity contribution in [1.82, 2.24) is 4.98 Å². The molecule has 0 amide bonds. The molecule has 0 aliphatic heterocycles. The van der Waals surface area contributed by atoms with E-state index in [0.717, 1.165) is 28.3 Å². The lowest BCUT2D eigenvalue weighted by Gasteiger charge is -2.04. The van der Waals surface area contributed by atoms with Crippen molar-refractivity contribution in [1.29, 1.82) is 0 Å². The first-order chi connectivity index (χ1) is 10.2. The first kappa shape index (κ1) is 15.7. The van der Waals surface area contributed by atoms with Crippen LogP contribution in [0.5, 0.6) is 0 Å². The summed E-state index contributed by atoms with van der Waals surface area (Å²) in [5, 5.41) is 10.0. The summed E-state index contributed by atoms with van der Waals surface area (Å²) in [6.07, 6.45) is 1.88. The number of benzene rings is 1. The number of rotatable bonds is 6. The predicted octanol–water partition coefficient (Wildman–Crippen LogP) is 3.57. The normalized spacial score (nSPS) is 10.6. The van der Waals surface area contributed by atoms with Crippen LogP contribution in [0, 0.1) is 6.92 Å². The molecular weight excluding hydrogens is 286 g/mol. The van der Waals surface area contributed by atoms with E-state index < -0.39 is 0 Å². The van der Waals surface area contributed by atoms with Crippen molar-refractivity contribution in [3.05, 3.63) is 40.4 Å². The number of aryl methyl sites for hydroxylation is 1. The quantitative estimate of drug-likeness (QED) is 0.655. The van der Waals surface area contributed by atoms with Gasteiger partial charge in [0.1, 0.15) is 5.01 Å². The van der Waals surface area contributed by atoms with E-state index in [2.05, 4.69) is 11.9 Å². The molecule has 0 atom stereocenters. The number of nitrogens with zero attached hydrogens (tertiary/aromatic N) is 1. The van der Waals surface area contributed by atoms with E-state index in [1.165, 1.54) is 11.3 Å². The number of ether oxygens (including phenoxy) is 1. The van der Waals surface area contributed by atoms with Crippen molar-refractivity contribution in [2.75, 3.05) is 6.61 Å². The molecule has 1 heterocycles. The topological polar surface area (TPSA) is 59.4 Å². The molecule has 0 spiro atoms. The molecule has 21 heavy (non-hydrogen) atoms. The molecular formula is C16H19NO3S. The van der Waals surface area contributed by atoms with E-state index in [4.69, 9.17) is 4.74 Å². The van der Waals surface area contributed by atoms with Crippen LogP contribution in [0.2, 0.25) is 0 Å². The molecule has 0 saturated carbocycles. The zero-order chi connectivity index (χ0) is 15.2. The SMILES string of the molecule is CCCCOC(=O)c1ccc(-c2nc(CO)c(C)s2)cc1. The Bertz CT molecular complexity index is 604. The second-order valence-corrected chi connectivity index (χ2v) is 5.95. The molecule has 0 saturated heterocycles. The number of aliphatic hydroxyl groups is 1. The highest BCUT2D eigenvalue weighted by Gasteiger charge is 2.11. The Morgan fingerprint density at radius 1 is 1.33 bits per heavy atom. The summed E-state index contributed by atoms with van der Waals surface area (Å²) in [5.41, 5.74) is 2.19. The second-order valence-electron chi connectivity index (χ2n) is 4.75. The van der Waals surface area contributed by atoms with Crippen LogP contribution in [-0.4, -0.2) is 22.7 Å². The highest BCUT2D eigenvalue weighted by atomic mass is 32.1. The summed E-state index contributed by atoms with van der Waals surface area (Å²) in [7, 11) is 0. The van der Waals surface area contributed by atoms with Gasteiger partial charge in [-0.1, -0.05) is 25.5 Å². The molecule has 0 fully saturated rings. The summed E-state index contributed by atoms with van der Waals surface area (Å²) in [5.74, 6) is -0.290. The van der Waals surface area contributed by atoms with Gasteiger partial charge < -0.3 is 9.84 Å². The van der Waals surface area contributed by atoms with Crippen molar-refractivity contribution in [3.63, 3.8) is 0 Å². The second kappa shape index (κ2) is 7.33. The van der Waals surface area contributed by atoms with Crippen LogP contribution in [-0.2, 0) is 11.3 Å². The minimum Gasteiger partial charge on any atom is -0.462 e. The molecule has 4 nitrogen and oxygen atoms in total. The number of aromatic nitrogens is 1. The monoisotopic (exact) mass is 305 g/mol. The third-order valence-corrected chi connectivity index (χ3v) is 4.20. The number of hydrogen-bond donors (Lipinski definition) is 1. The average Bonchev–Trinajstić information content (AvgIpc) is 2.88. The van der Waals surface area contributed by atoms with E-state index in [1.54, 1.807) is 12.1 Å². The minimum atomic E-state index is -0.290. The molecule has 1 N–H and O–H groups in total. The zero-order valence-corrected chi connectivity index (χ0v) is 13.1. The third kappa shape index (κ3) is 3.89. The Kier molecular flexibility index (Phi) is 5.47. The van der Waals surface area contributed by atoms with E-state index in [9.17, 15) is 9.90 Å². The summed E-state index contributed by atoms with van der Waals surface area (Å²) >= 11 is 1.54. The smallest absolute Gasteiger partial charge is 0.338 e. The fraction of sp³-hybridized carbons (Fsp3) is 0.375. The van der Waals surface area contributed by atoms with Crippen LogP contribution in [0.4, 0.5) is 0 Å². The molecule has 0 aliphatic rings. The van der Waals surface area contributed by atoms with Gasteiger partial charge in [0.15, 0.2) is 0 Å². The first-order valence-electron chi connectivity index (χ1n) is 7.00. The first-order valence-corrected chi connectivity index (χ1v) is 7.82. The number of hydrogen-bond acceptors (Lipinski definition) is 5. The standard InChI is InChI=1S/C16H19NO3S/c1-3-4-9-20-16(19)13-7-5-12(6-8-13)15-17-14(10-18)11(2)21-15/h5-8,18H,3-4,9-10H2,1-2H3. The average molecular weight is 305 g/mol. The lowest BCUT2D eigenvalue weighted by Crippen LogP contribution is -2.06. The Morgan fingerprint density at radius 3 is 2.62 bits per heavy atom. The van der Waals surface area contributed by atoms with Crippen molar-refractivity contribution in [3.8, 4) is 10.6 Å². The van der Waals surface area contributed by atoms with Gasteiger partial charge in [0, 0.05) is 10.4 Å². The van der Waals surface area contributed by atoms with Crippen molar-refractivity contribution in [2.24, 2.45) is 0 Å². The van der Waals surface area contributed by atoms with Gasteiger partial charge in [-0.05, 0) is 25.5 Å². The highest BCUT2D eigenvalue weighted by Crippen LogP contribution is 2.27. The number of thiazole rings is 1. The van der Waals surface area contributed by atoms with Gasteiger partial charge in [-0.3, -0.25) is 0 Å². The molecule has 0 radical (unpaired) electrons. The minimum absolute atomic E-state index is 0.0514. The summed E-state index contributed by atoms with van der Waals surface area (Å²) in [4.78, 5) is 17.2. The van der Waals surface area contributed by atoms with Gasteiger partial charge in [0.05, 0.1) is 24.5 Å². The fourth-order valence-electron chi connectivity index (χ4n) is 1.84.